The average Bonchev–Trinajstić information content (AvgIpc) is 3.16. The van der Waals surface area contributed by atoms with Gasteiger partial charge in [0.05, 0.1) is 0 Å². The molecule has 2 heterocycles. The van der Waals surface area contributed by atoms with Crippen LogP contribution in [0.2, 0.25) is 0 Å². The van der Waals surface area contributed by atoms with Gasteiger partial charge in [0.2, 0.25) is 0 Å². The Balaban J connectivity index is 1.52. The topological polar surface area (TPSA) is 30.9 Å². The Morgan fingerprint density at radius 1 is 1.20 bits per heavy atom. The number of likely N-dealkylation sites (N-methyl/N-ethyl adjacent to an activating group) is 1. The lowest BCUT2D eigenvalue weighted by Gasteiger charge is -2.27. The van der Waals surface area contributed by atoms with Crippen molar-refractivity contribution in [2.24, 2.45) is 10.4 Å². The van der Waals surface area contributed by atoms with Crippen LogP contribution in [0.25, 0.3) is 0 Å². The normalized spacial score (nSPS) is 30.6. The van der Waals surface area contributed by atoms with Crippen molar-refractivity contribution in [1.82, 2.24) is 15.1 Å². The van der Waals surface area contributed by atoms with E-state index in [-0.39, 0.29) is 0 Å². The fraction of sp³-hybridized carbons (Fsp3) is 0.938. The summed E-state index contributed by atoms with van der Waals surface area (Å²) in [6.07, 6.45) is 9.78. The zero-order chi connectivity index (χ0) is 14.0. The molecule has 0 aromatic heterocycles. The van der Waals surface area contributed by atoms with Crippen molar-refractivity contribution < 1.29 is 0 Å². The minimum Gasteiger partial charge on any atom is -0.355 e. The second-order valence-electron chi connectivity index (χ2n) is 7.08. The van der Waals surface area contributed by atoms with Crippen LogP contribution in [0.15, 0.2) is 4.99 Å². The maximum absolute atomic E-state index is 4.52. The molecule has 1 aliphatic carbocycles. The van der Waals surface area contributed by atoms with Crippen molar-refractivity contribution >= 4 is 5.96 Å². The predicted octanol–water partition coefficient (Wildman–Crippen LogP) is 1.92. The Morgan fingerprint density at radius 2 is 2.00 bits per heavy atom. The van der Waals surface area contributed by atoms with Crippen molar-refractivity contribution in [2.75, 3.05) is 40.3 Å². The van der Waals surface area contributed by atoms with Gasteiger partial charge < -0.3 is 15.1 Å². The highest BCUT2D eigenvalue weighted by Gasteiger charge is 2.41. The predicted molar refractivity (Wildman–Crippen MR) is 84.1 cm³/mol. The Hall–Kier alpha value is -0.770. The summed E-state index contributed by atoms with van der Waals surface area (Å²) in [5.74, 6) is 1.13. The lowest BCUT2D eigenvalue weighted by Crippen LogP contribution is -2.45. The standard InChI is InChI=1S/C16H30N4/c1-17-15(18-12-14-6-5-10-19(14)2)20-11-9-16(13-20)7-3-4-8-16/h14H,3-13H2,1-2H3,(H,17,18). The molecule has 20 heavy (non-hydrogen) atoms. The van der Waals surface area contributed by atoms with Gasteiger partial charge in [-0.3, -0.25) is 4.99 Å². The third-order valence-electron chi connectivity index (χ3n) is 5.78. The van der Waals surface area contributed by atoms with Crippen molar-refractivity contribution in [3.8, 4) is 0 Å². The highest BCUT2D eigenvalue weighted by atomic mass is 15.3. The largest absolute Gasteiger partial charge is 0.355 e. The van der Waals surface area contributed by atoms with Crippen molar-refractivity contribution in [3.05, 3.63) is 0 Å². The van der Waals surface area contributed by atoms with Crippen LogP contribution in [0.4, 0.5) is 0 Å². The maximum Gasteiger partial charge on any atom is 0.193 e. The van der Waals surface area contributed by atoms with Gasteiger partial charge in [0.1, 0.15) is 0 Å². The van der Waals surface area contributed by atoms with E-state index < -0.39 is 0 Å². The molecule has 2 aliphatic heterocycles. The summed E-state index contributed by atoms with van der Waals surface area (Å²) in [6, 6.07) is 0.690. The summed E-state index contributed by atoms with van der Waals surface area (Å²) in [7, 11) is 4.17. The van der Waals surface area contributed by atoms with Crippen LogP contribution in [0.3, 0.4) is 0 Å². The number of hydrogen-bond acceptors (Lipinski definition) is 2. The first kappa shape index (κ1) is 14.2. The average molecular weight is 278 g/mol. The summed E-state index contributed by atoms with van der Waals surface area (Å²) in [4.78, 5) is 9.50. The molecular formula is C16H30N4. The quantitative estimate of drug-likeness (QED) is 0.618. The van der Waals surface area contributed by atoms with Crippen molar-refractivity contribution in [3.63, 3.8) is 0 Å². The van der Waals surface area contributed by atoms with Crippen LogP contribution in [0.5, 0.6) is 0 Å². The molecule has 1 spiro atoms. The van der Waals surface area contributed by atoms with Gasteiger partial charge in [0.15, 0.2) is 5.96 Å². The molecule has 1 unspecified atom stereocenters. The zero-order valence-corrected chi connectivity index (χ0v) is 13.2. The van der Waals surface area contributed by atoms with E-state index in [1.165, 1.54) is 64.6 Å². The van der Waals surface area contributed by atoms with E-state index in [9.17, 15) is 0 Å². The van der Waals surface area contributed by atoms with Crippen LogP contribution in [-0.2, 0) is 0 Å². The monoisotopic (exact) mass is 278 g/mol. The van der Waals surface area contributed by atoms with E-state index in [0.29, 0.717) is 11.5 Å². The van der Waals surface area contributed by atoms with Gasteiger partial charge in [-0.25, -0.2) is 0 Å². The molecule has 1 saturated carbocycles. The minimum atomic E-state index is 0.627. The molecule has 4 heteroatoms. The van der Waals surface area contributed by atoms with Crippen LogP contribution in [-0.4, -0.2) is 62.1 Å². The fourth-order valence-corrected chi connectivity index (χ4v) is 4.43. The highest BCUT2D eigenvalue weighted by Crippen LogP contribution is 2.45. The van der Waals surface area contributed by atoms with Gasteiger partial charge in [-0.1, -0.05) is 12.8 Å². The van der Waals surface area contributed by atoms with Gasteiger partial charge >= 0.3 is 0 Å². The molecule has 114 valence electrons. The fourth-order valence-electron chi connectivity index (χ4n) is 4.43. The summed E-state index contributed by atoms with van der Waals surface area (Å²) in [5.41, 5.74) is 0.627. The molecular weight excluding hydrogens is 248 g/mol. The molecule has 0 aromatic rings. The van der Waals surface area contributed by atoms with E-state index in [1.54, 1.807) is 0 Å². The number of hydrogen-bond donors (Lipinski definition) is 1. The molecule has 0 bridgehead atoms. The smallest absolute Gasteiger partial charge is 0.193 e. The zero-order valence-electron chi connectivity index (χ0n) is 13.2. The lowest BCUT2D eigenvalue weighted by atomic mass is 9.86. The van der Waals surface area contributed by atoms with Crippen molar-refractivity contribution in [1.29, 1.82) is 0 Å². The summed E-state index contributed by atoms with van der Waals surface area (Å²) >= 11 is 0. The molecule has 1 N–H and O–H groups in total. The third-order valence-corrected chi connectivity index (χ3v) is 5.78. The first-order chi connectivity index (χ1) is 9.72. The van der Waals surface area contributed by atoms with E-state index in [1.807, 2.05) is 7.05 Å². The number of rotatable bonds is 2. The van der Waals surface area contributed by atoms with Gasteiger partial charge in [-0.05, 0) is 51.1 Å². The van der Waals surface area contributed by atoms with E-state index in [4.69, 9.17) is 0 Å². The van der Waals surface area contributed by atoms with Crippen LogP contribution < -0.4 is 5.32 Å². The Morgan fingerprint density at radius 3 is 2.65 bits per heavy atom. The first-order valence-corrected chi connectivity index (χ1v) is 8.38. The minimum absolute atomic E-state index is 0.627. The van der Waals surface area contributed by atoms with E-state index >= 15 is 0 Å². The number of aliphatic imine (C=N–C) groups is 1. The molecule has 2 saturated heterocycles. The van der Waals surface area contributed by atoms with Crippen LogP contribution in [0.1, 0.15) is 44.9 Å². The van der Waals surface area contributed by atoms with E-state index in [2.05, 4.69) is 27.2 Å². The molecule has 0 aromatic carbocycles. The number of guanidine groups is 1. The molecule has 3 aliphatic rings. The Bertz CT molecular complexity index is 359. The van der Waals surface area contributed by atoms with E-state index in [0.717, 1.165) is 12.5 Å². The number of nitrogens with zero attached hydrogens (tertiary/aromatic N) is 3. The first-order valence-electron chi connectivity index (χ1n) is 8.38. The second-order valence-corrected chi connectivity index (χ2v) is 7.08. The Kier molecular flexibility index (Phi) is 4.20. The SMILES string of the molecule is CN=C(NCC1CCCN1C)N1CCC2(CCCC2)C1. The second kappa shape index (κ2) is 5.92. The maximum atomic E-state index is 4.52. The third kappa shape index (κ3) is 2.80. The van der Waals surface area contributed by atoms with Crippen LogP contribution in [0, 0.1) is 5.41 Å². The molecule has 0 radical (unpaired) electrons. The summed E-state index contributed by atoms with van der Waals surface area (Å²) < 4.78 is 0. The van der Waals surface area contributed by atoms with Crippen molar-refractivity contribution in [2.45, 2.75) is 51.0 Å². The molecule has 1 atom stereocenters. The van der Waals surface area contributed by atoms with Crippen LogP contribution >= 0.6 is 0 Å². The highest BCUT2D eigenvalue weighted by molar-refractivity contribution is 5.80. The lowest BCUT2D eigenvalue weighted by molar-refractivity contribution is 0.297. The van der Waals surface area contributed by atoms with Gasteiger partial charge in [-0.15, -0.1) is 0 Å². The molecule has 4 nitrogen and oxygen atoms in total. The number of likely N-dealkylation sites (tertiary alicyclic amines) is 2. The molecule has 3 fully saturated rings. The van der Waals surface area contributed by atoms with Gasteiger partial charge in [-0.2, -0.15) is 0 Å². The Labute approximate surface area is 123 Å². The number of nitrogens with one attached hydrogen (secondary N) is 1. The van der Waals surface area contributed by atoms with Gasteiger partial charge in [0, 0.05) is 32.7 Å². The molecule has 0 amide bonds. The van der Waals surface area contributed by atoms with Gasteiger partial charge in [0.25, 0.3) is 0 Å². The molecule has 3 rings (SSSR count). The summed E-state index contributed by atoms with van der Waals surface area (Å²) in [6.45, 7) is 4.72. The summed E-state index contributed by atoms with van der Waals surface area (Å²) in [5, 5.41) is 3.62.